The van der Waals surface area contributed by atoms with Gasteiger partial charge in [-0.25, -0.2) is 0 Å². The molecule has 1 rings (SSSR count). The van der Waals surface area contributed by atoms with Crippen LogP contribution >= 0.6 is 24.0 Å². The summed E-state index contributed by atoms with van der Waals surface area (Å²) in [6.45, 7) is 14.3. The highest BCUT2D eigenvalue weighted by Gasteiger charge is 2.12. The molecule has 1 fully saturated rings. The number of hydrogen-bond acceptors (Lipinski definition) is 3. The largest absolute Gasteiger partial charge is 0.357 e. The molecule has 21 heavy (non-hydrogen) atoms. The van der Waals surface area contributed by atoms with E-state index in [1.54, 1.807) is 0 Å². The molecule has 1 heterocycles. The topological polar surface area (TPSA) is 42.9 Å². The molecule has 6 heteroatoms. The molecule has 0 unspecified atom stereocenters. The number of piperazine rings is 1. The van der Waals surface area contributed by atoms with Gasteiger partial charge in [-0.05, 0) is 47.2 Å². The van der Waals surface area contributed by atoms with Crippen molar-refractivity contribution in [2.45, 2.75) is 39.7 Å². The maximum atomic E-state index is 4.62. The Kier molecular flexibility index (Phi) is 12.4. The normalized spacial score (nSPS) is 17.7. The lowest BCUT2D eigenvalue weighted by molar-refractivity contribution is 0.152. The van der Waals surface area contributed by atoms with Crippen molar-refractivity contribution in [2.24, 2.45) is 4.99 Å². The number of unbranched alkanes of at least 4 members (excludes halogenated alkanes) is 1. The molecule has 0 saturated carbocycles. The fourth-order valence-corrected chi connectivity index (χ4v) is 2.30. The fraction of sp³-hybridized carbons (Fsp3) is 0.933. The van der Waals surface area contributed by atoms with E-state index in [-0.39, 0.29) is 24.0 Å². The maximum absolute atomic E-state index is 4.62. The van der Waals surface area contributed by atoms with Gasteiger partial charge in [0.2, 0.25) is 0 Å². The van der Waals surface area contributed by atoms with E-state index >= 15 is 0 Å². The van der Waals surface area contributed by atoms with Gasteiger partial charge in [0.05, 0.1) is 0 Å². The van der Waals surface area contributed by atoms with Crippen molar-refractivity contribution in [2.75, 3.05) is 52.9 Å². The molecule has 0 atom stereocenters. The van der Waals surface area contributed by atoms with Crippen LogP contribution in [0, 0.1) is 0 Å². The van der Waals surface area contributed by atoms with Gasteiger partial charge in [0, 0.05) is 45.3 Å². The molecule has 0 aliphatic carbocycles. The Morgan fingerprint density at radius 3 is 2.38 bits per heavy atom. The van der Waals surface area contributed by atoms with E-state index in [4.69, 9.17) is 0 Å². The van der Waals surface area contributed by atoms with E-state index < -0.39 is 0 Å². The molecular formula is C15H34IN5. The first-order chi connectivity index (χ1) is 9.61. The Labute approximate surface area is 148 Å². The Bertz CT molecular complexity index is 275. The molecule has 0 amide bonds. The summed E-state index contributed by atoms with van der Waals surface area (Å²) in [6.07, 6.45) is 2.41. The SMILES string of the molecule is CCNC(=NCCCCN1CCN(C)CC1)NC(C)C.I. The first kappa shape index (κ1) is 20.9. The predicted octanol–water partition coefficient (Wildman–Crippen LogP) is 1.60. The zero-order chi connectivity index (χ0) is 14.8. The molecule has 0 aromatic rings. The van der Waals surface area contributed by atoms with Gasteiger partial charge in [-0.1, -0.05) is 0 Å². The maximum Gasteiger partial charge on any atom is 0.191 e. The second-order valence-corrected chi connectivity index (χ2v) is 5.91. The minimum absolute atomic E-state index is 0. The summed E-state index contributed by atoms with van der Waals surface area (Å²) in [7, 11) is 2.20. The minimum atomic E-state index is 0. The van der Waals surface area contributed by atoms with Crippen LogP contribution in [0.5, 0.6) is 0 Å². The third-order valence-electron chi connectivity index (χ3n) is 3.52. The number of rotatable bonds is 7. The third-order valence-corrected chi connectivity index (χ3v) is 3.52. The van der Waals surface area contributed by atoms with Gasteiger partial charge in [0.25, 0.3) is 0 Å². The quantitative estimate of drug-likeness (QED) is 0.289. The van der Waals surface area contributed by atoms with Gasteiger partial charge in [0.15, 0.2) is 5.96 Å². The molecule has 0 spiro atoms. The van der Waals surface area contributed by atoms with Crippen molar-refractivity contribution in [3.05, 3.63) is 0 Å². The molecule has 1 aliphatic rings. The second-order valence-electron chi connectivity index (χ2n) is 5.91. The summed E-state index contributed by atoms with van der Waals surface area (Å²) in [5.41, 5.74) is 0. The Morgan fingerprint density at radius 2 is 1.81 bits per heavy atom. The average Bonchev–Trinajstić information content (AvgIpc) is 2.40. The van der Waals surface area contributed by atoms with Crippen LogP contribution in [0.25, 0.3) is 0 Å². The molecule has 0 aromatic heterocycles. The average molecular weight is 411 g/mol. The van der Waals surface area contributed by atoms with Gasteiger partial charge in [-0.15, -0.1) is 24.0 Å². The Hall–Kier alpha value is -0.0800. The number of hydrogen-bond donors (Lipinski definition) is 2. The van der Waals surface area contributed by atoms with Crippen LogP contribution < -0.4 is 10.6 Å². The van der Waals surface area contributed by atoms with Crippen molar-refractivity contribution in [1.82, 2.24) is 20.4 Å². The van der Waals surface area contributed by atoms with Crippen molar-refractivity contribution in [3.63, 3.8) is 0 Å². The van der Waals surface area contributed by atoms with Gasteiger partial charge >= 0.3 is 0 Å². The lowest BCUT2D eigenvalue weighted by Crippen LogP contribution is -2.44. The Morgan fingerprint density at radius 1 is 1.14 bits per heavy atom. The Balaban J connectivity index is 0.00000400. The summed E-state index contributed by atoms with van der Waals surface area (Å²) < 4.78 is 0. The highest BCUT2D eigenvalue weighted by Crippen LogP contribution is 2.01. The van der Waals surface area contributed by atoms with Gasteiger partial charge < -0.3 is 20.4 Å². The first-order valence-electron chi connectivity index (χ1n) is 8.07. The van der Waals surface area contributed by atoms with Crippen LogP contribution in [-0.2, 0) is 0 Å². The smallest absolute Gasteiger partial charge is 0.191 e. The van der Waals surface area contributed by atoms with E-state index in [9.17, 15) is 0 Å². The molecule has 1 aliphatic heterocycles. The summed E-state index contributed by atoms with van der Waals surface area (Å²) in [6, 6.07) is 0.429. The molecule has 0 aromatic carbocycles. The molecule has 1 saturated heterocycles. The number of likely N-dealkylation sites (N-methyl/N-ethyl adjacent to an activating group) is 1. The van der Waals surface area contributed by atoms with Gasteiger partial charge in [-0.3, -0.25) is 4.99 Å². The van der Waals surface area contributed by atoms with Crippen molar-refractivity contribution >= 4 is 29.9 Å². The highest BCUT2D eigenvalue weighted by atomic mass is 127. The van der Waals surface area contributed by atoms with Crippen LogP contribution in [0.15, 0.2) is 4.99 Å². The minimum Gasteiger partial charge on any atom is -0.357 e. The fourth-order valence-electron chi connectivity index (χ4n) is 2.30. The number of halogens is 1. The van der Waals surface area contributed by atoms with E-state index in [1.165, 1.54) is 45.6 Å². The lowest BCUT2D eigenvalue weighted by Gasteiger charge is -2.32. The molecule has 126 valence electrons. The summed E-state index contributed by atoms with van der Waals surface area (Å²) in [4.78, 5) is 9.59. The first-order valence-corrected chi connectivity index (χ1v) is 8.07. The predicted molar refractivity (Wildman–Crippen MR) is 103 cm³/mol. The number of aliphatic imine (C=N–C) groups is 1. The zero-order valence-corrected chi connectivity index (χ0v) is 16.5. The number of nitrogens with one attached hydrogen (secondary N) is 2. The van der Waals surface area contributed by atoms with Crippen LogP contribution in [0.2, 0.25) is 0 Å². The van der Waals surface area contributed by atoms with Crippen LogP contribution in [0.4, 0.5) is 0 Å². The standard InChI is InChI=1S/C15H33N5.HI/c1-5-16-15(18-14(2)3)17-8-6-7-9-20-12-10-19(4)11-13-20;/h14H,5-13H2,1-4H3,(H2,16,17,18);1H. The third kappa shape index (κ3) is 10.3. The van der Waals surface area contributed by atoms with Crippen molar-refractivity contribution < 1.29 is 0 Å². The summed E-state index contributed by atoms with van der Waals surface area (Å²) >= 11 is 0. The van der Waals surface area contributed by atoms with Crippen LogP contribution in [-0.4, -0.2) is 74.7 Å². The van der Waals surface area contributed by atoms with Gasteiger partial charge in [0.1, 0.15) is 0 Å². The lowest BCUT2D eigenvalue weighted by atomic mass is 10.2. The van der Waals surface area contributed by atoms with Crippen molar-refractivity contribution in [3.8, 4) is 0 Å². The van der Waals surface area contributed by atoms with Crippen LogP contribution in [0.3, 0.4) is 0 Å². The second kappa shape index (κ2) is 12.5. The van der Waals surface area contributed by atoms with Crippen molar-refractivity contribution in [1.29, 1.82) is 0 Å². The monoisotopic (exact) mass is 411 g/mol. The molecule has 0 bridgehead atoms. The summed E-state index contributed by atoms with van der Waals surface area (Å²) in [5.74, 6) is 0.946. The molecule has 5 nitrogen and oxygen atoms in total. The van der Waals surface area contributed by atoms with Crippen LogP contribution in [0.1, 0.15) is 33.6 Å². The van der Waals surface area contributed by atoms with E-state index in [0.717, 1.165) is 19.0 Å². The number of nitrogens with zero attached hydrogens (tertiary/aromatic N) is 3. The number of guanidine groups is 1. The zero-order valence-electron chi connectivity index (χ0n) is 14.2. The van der Waals surface area contributed by atoms with Gasteiger partial charge in [-0.2, -0.15) is 0 Å². The van der Waals surface area contributed by atoms with E-state index in [2.05, 4.69) is 53.2 Å². The highest BCUT2D eigenvalue weighted by molar-refractivity contribution is 14.0. The van der Waals surface area contributed by atoms with E-state index in [1.807, 2.05) is 0 Å². The molecular weight excluding hydrogens is 377 g/mol. The van der Waals surface area contributed by atoms with E-state index in [0.29, 0.717) is 6.04 Å². The summed E-state index contributed by atoms with van der Waals surface area (Å²) in [5, 5.41) is 6.63. The molecule has 0 radical (unpaired) electrons. The molecule has 2 N–H and O–H groups in total.